The van der Waals surface area contributed by atoms with Gasteiger partial charge in [0.25, 0.3) is 5.56 Å². The van der Waals surface area contributed by atoms with Crippen molar-refractivity contribution in [2.45, 2.75) is 27.3 Å². The van der Waals surface area contributed by atoms with E-state index in [1.54, 1.807) is 4.57 Å². The van der Waals surface area contributed by atoms with Crippen molar-refractivity contribution in [2.24, 2.45) is 7.05 Å². The summed E-state index contributed by atoms with van der Waals surface area (Å²) in [5.74, 6) is 0. The van der Waals surface area contributed by atoms with Crippen LogP contribution in [0.15, 0.2) is 39.9 Å². The first kappa shape index (κ1) is 15.2. The molecule has 23 heavy (non-hydrogen) atoms. The van der Waals surface area contributed by atoms with Crippen LogP contribution >= 0.6 is 0 Å². The van der Waals surface area contributed by atoms with Crippen LogP contribution in [0.1, 0.15) is 22.4 Å². The summed E-state index contributed by atoms with van der Waals surface area (Å²) in [6.45, 7) is 6.14. The van der Waals surface area contributed by atoms with Crippen molar-refractivity contribution in [1.29, 1.82) is 0 Å². The molecular formula is C18H19N3O2. The topological polar surface area (TPSA) is 56.9 Å². The third-order valence-corrected chi connectivity index (χ3v) is 4.45. The van der Waals surface area contributed by atoms with Crippen molar-refractivity contribution in [1.82, 2.24) is 14.1 Å². The fraction of sp³-hybridized carbons (Fsp3) is 0.278. The first-order chi connectivity index (χ1) is 10.9. The van der Waals surface area contributed by atoms with E-state index in [2.05, 4.69) is 4.98 Å². The van der Waals surface area contributed by atoms with Crippen LogP contribution in [0.4, 0.5) is 0 Å². The standard InChI is InChI=1S/C18H19N3O2/c1-11-12(2)15-16(19-13(11)3)21(18(23)20(4)17(15)22)10-14-8-6-5-7-9-14/h5-9H,10H2,1-4H3. The molecule has 0 atom stereocenters. The summed E-state index contributed by atoms with van der Waals surface area (Å²) in [5.41, 5.74) is 3.53. The van der Waals surface area contributed by atoms with Gasteiger partial charge >= 0.3 is 5.69 Å². The molecule has 5 nitrogen and oxygen atoms in total. The first-order valence-electron chi connectivity index (χ1n) is 7.53. The summed E-state index contributed by atoms with van der Waals surface area (Å²) < 4.78 is 2.74. The van der Waals surface area contributed by atoms with Crippen LogP contribution in [0.25, 0.3) is 11.0 Å². The van der Waals surface area contributed by atoms with Gasteiger partial charge in [-0.05, 0) is 37.5 Å². The second-order valence-electron chi connectivity index (χ2n) is 5.86. The number of rotatable bonds is 2. The molecule has 0 unspecified atom stereocenters. The van der Waals surface area contributed by atoms with Gasteiger partial charge in [-0.2, -0.15) is 0 Å². The van der Waals surface area contributed by atoms with Gasteiger partial charge in [-0.25, -0.2) is 9.78 Å². The Morgan fingerprint density at radius 1 is 1.00 bits per heavy atom. The number of nitrogens with zero attached hydrogens (tertiary/aromatic N) is 3. The lowest BCUT2D eigenvalue weighted by Gasteiger charge is -2.15. The van der Waals surface area contributed by atoms with Gasteiger partial charge in [0.15, 0.2) is 0 Å². The summed E-state index contributed by atoms with van der Waals surface area (Å²) in [6.07, 6.45) is 0. The molecule has 2 heterocycles. The predicted octanol–water partition coefficient (Wildman–Crippen LogP) is 2.07. The van der Waals surface area contributed by atoms with E-state index >= 15 is 0 Å². The molecule has 3 aromatic rings. The molecule has 0 fully saturated rings. The maximum Gasteiger partial charge on any atom is 0.332 e. The minimum Gasteiger partial charge on any atom is -0.273 e. The maximum absolute atomic E-state index is 12.6. The van der Waals surface area contributed by atoms with E-state index in [-0.39, 0.29) is 11.2 Å². The number of benzene rings is 1. The Morgan fingerprint density at radius 2 is 1.65 bits per heavy atom. The normalized spacial score (nSPS) is 11.1. The van der Waals surface area contributed by atoms with E-state index in [0.717, 1.165) is 27.0 Å². The summed E-state index contributed by atoms with van der Waals surface area (Å²) in [7, 11) is 1.51. The second-order valence-corrected chi connectivity index (χ2v) is 5.86. The quantitative estimate of drug-likeness (QED) is 0.728. The van der Waals surface area contributed by atoms with Crippen molar-refractivity contribution in [3.8, 4) is 0 Å². The molecule has 0 aliphatic rings. The number of pyridine rings is 1. The van der Waals surface area contributed by atoms with Crippen LogP contribution < -0.4 is 11.2 Å². The summed E-state index contributed by atoms with van der Waals surface area (Å²) >= 11 is 0. The van der Waals surface area contributed by atoms with Crippen molar-refractivity contribution in [3.63, 3.8) is 0 Å². The van der Waals surface area contributed by atoms with E-state index in [9.17, 15) is 9.59 Å². The van der Waals surface area contributed by atoms with Gasteiger partial charge in [-0.15, -0.1) is 0 Å². The lowest BCUT2D eigenvalue weighted by molar-refractivity contribution is 0.666. The Hall–Kier alpha value is -2.69. The fourth-order valence-corrected chi connectivity index (χ4v) is 2.81. The SMILES string of the molecule is Cc1nc2c(c(C)c1C)c(=O)n(C)c(=O)n2Cc1ccccc1. The lowest BCUT2D eigenvalue weighted by atomic mass is 10.1. The van der Waals surface area contributed by atoms with Crippen LogP contribution in [0.5, 0.6) is 0 Å². The highest BCUT2D eigenvalue weighted by atomic mass is 16.2. The molecule has 0 aliphatic carbocycles. The minimum absolute atomic E-state index is 0.289. The second kappa shape index (κ2) is 5.50. The van der Waals surface area contributed by atoms with Gasteiger partial charge in [0.1, 0.15) is 5.65 Å². The zero-order chi connectivity index (χ0) is 16.7. The van der Waals surface area contributed by atoms with Crippen LogP contribution in [-0.2, 0) is 13.6 Å². The average molecular weight is 309 g/mol. The van der Waals surface area contributed by atoms with Gasteiger partial charge in [0.2, 0.25) is 0 Å². The monoisotopic (exact) mass is 309 g/mol. The molecule has 0 saturated heterocycles. The maximum atomic E-state index is 12.6. The zero-order valence-electron chi connectivity index (χ0n) is 13.8. The molecule has 5 heteroatoms. The molecule has 0 N–H and O–H groups in total. The molecule has 3 rings (SSSR count). The summed E-state index contributed by atoms with van der Waals surface area (Å²) in [4.78, 5) is 29.7. The Labute approximate surface area is 133 Å². The number of hydrogen-bond donors (Lipinski definition) is 0. The number of hydrogen-bond acceptors (Lipinski definition) is 3. The van der Waals surface area contributed by atoms with Crippen molar-refractivity contribution < 1.29 is 0 Å². The van der Waals surface area contributed by atoms with Gasteiger partial charge in [0.05, 0.1) is 11.9 Å². The highest BCUT2D eigenvalue weighted by Crippen LogP contribution is 2.18. The Morgan fingerprint density at radius 3 is 2.30 bits per heavy atom. The molecule has 0 spiro atoms. The van der Waals surface area contributed by atoms with Crippen molar-refractivity contribution in [3.05, 3.63) is 73.6 Å². The molecular weight excluding hydrogens is 290 g/mol. The van der Waals surface area contributed by atoms with Gasteiger partial charge in [-0.1, -0.05) is 30.3 Å². The van der Waals surface area contributed by atoms with Gasteiger partial charge in [0, 0.05) is 12.7 Å². The fourth-order valence-electron chi connectivity index (χ4n) is 2.81. The highest BCUT2D eigenvalue weighted by molar-refractivity contribution is 5.79. The number of aryl methyl sites for hydroxylation is 2. The van der Waals surface area contributed by atoms with Crippen LogP contribution in [0.2, 0.25) is 0 Å². The zero-order valence-corrected chi connectivity index (χ0v) is 13.8. The third-order valence-electron chi connectivity index (χ3n) is 4.45. The van der Waals surface area contributed by atoms with E-state index in [0.29, 0.717) is 17.6 Å². The molecule has 0 radical (unpaired) electrons. The number of fused-ring (bicyclic) bond motifs is 1. The molecule has 0 aliphatic heterocycles. The van der Waals surface area contributed by atoms with E-state index in [1.165, 1.54) is 7.05 Å². The molecule has 0 saturated carbocycles. The average Bonchev–Trinajstić information content (AvgIpc) is 2.55. The third kappa shape index (κ3) is 2.38. The first-order valence-corrected chi connectivity index (χ1v) is 7.53. The van der Waals surface area contributed by atoms with Crippen LogP contribution in [0.3, 0.4) is 0 Å². The Bertz CT molecular complexity index is 1010. The summed E-state index contributed by atoms with van der Waals surface area (Å²) in [6, 6.07) is 9.70. The minimum atomic E-state index is -0.346. The van der Waals surface area contributed by atoms with E-state index < -0.39 is 0 Å². The van der Waals surface area contributed by atoms with Crippen molar-refractivity contribution in [2.75, 3.05) is 0 Å². The lowest BCUT2D eigenvalue weighted by Crippen LogP contribution is -2.39. The number of aromatic nitrogens is 3. The van der Waals surface area contributed by atoms with Crippen LogP contribution in [0, 0.1) is 20.8 Å². The van der Waals surface area contributed by atoms with Gasteiger partial charge < -0.3 is 0 Å². The van der Waals surface area contributed by atoms with E-state index in [4.69, 9.17) is 0 Å². The van der Waals surface area contributed by atoms with Gasteiger partial charge in [-0.3, -0.25) is 13.9 Å². The predicted molar refractivity (Wildman–Crippen MR) is 91.0 cm³/mol. The summed E-state index contributed by atoms with van der Waals surface area (Å²) in [5, 5.41) is 0.520. The van der Waals surface area contributed by atoms with E-state index in [1.807, 2.05) is 51.1 Å². The van der Waals surface area contributed by atoms with Crippen LogP contribution in [-0.4, -0.2) is 14.1 Å². The highest BCUT2D eigenvalue weighted by Gasteiger charge is 2.16. The smallest absolute Gasteiger partial charge is 0.273 e. The largest absolute Gasteiger partial charge is 0.332 e. The molecule has 0 amide bonds. The Balaban J connectivity index is 2.42. The molecule has 0 bridgehead atoms. The van der Waals surface area contributed by atoms with Crippen molar-refractivity contribution >= 4 is 11.0 Å². The Kier molecular flexibility index (Phi) is 3.64. The molecule has 118 valence electrons. The molecule has 2 aromatic heterocycles. The molecule has 1 aromatic carbocycles.